The fraction of sp³-hybridized carbons (Fsp3) is 0.667. The van der Waals surface area contributed by atoms with Crippen molar-refractivity contribution in [3.63, 3.8) is 0 Å². The van der Waals surface area contributed by atoms with Gasteiger partial charge in [0.25, 0.3) is 0 Å². The topological polar surface area (TPSA) is 84.4 Å². The van der Waals surface area contributed by atoms with E-state index >= 15 is 0 Å². The Balaban J connectivity index is 1.83. The summed E-state index contributed by atoms with van der Waals surface area (Å²) in [4.78, 5) is 13.8. The van der Waals surface area contributed by atoms with Gasteiger partial charge in [-0.3, -0.25) is 15.0 Å². The molecule has 1 aromatic rings. The summed E-state index contributed by atoms with van der Waals surface area (Å²) in [5.74, 6) is 0.610. The molecule has 1 atom stereocenters. The number of amides is 1. The van der Waals surface area contributed by atoms with Crippen LogP contribution in [0, 0.1) is 0 Å². The Kier molecular flexibility index (Phi) is 3.98. The van der Waals surface area contributed by atoms with Gasteiger partial charge >= 0.3 is 0 Å². The zero-order valence-electron chi connectivity index (χ0n) is 10.8. The lowest BCUT2D eigenvalue weighted by Gasteiger charge is -2.13. The Morgan fingerprint density at radius 3 is 3.06 bits per heavy atom. The van der Waals surface area contributed by atoms with Gasteiger partial charge in [-0.05, 0) is 12.3 Å². The molecule has 3 N–H and O–H groups in total. The molecular formula is C12H20N4O2. The lowest BCUT2D eigenvalue weighted by atomic mass is 10.1. The van der Waals surface area contributed by atoms with Crippen LogP contribution in [0.1, 0.15) is 31.9 Å². The number of nitrogens with one attached hydrogen (secondary N) is 1. The van der Waals surface area contributed by atoms with Crippen LogP contribution in [0.5, 0.6) is 0 Å². The van der Waals surface area contributed by atoms with Crippen LogP contribution < -0.4 is 11.1 Å². The minimum atomic E-state index is -0.0874. The van der Waals surface area contributed by atoms with Gasteiger partial charge in [0.15, 0.2) is 0 Å². The van der Waals surface area contributed by atoms with Gasteiger partial charge in [0.2, 0.25) is 11.8 Å². The van der Waals surface area contributed by atoms with Crippen molar-refractivity contribution < 1.29 is 9.32 Å². The van der Waals surface area contributed by atoms with Gasteiger partial charge in [0.05, 0.1) is 12.2 Å². The molecule has 1 saturated heterocycles. The van der Waals surface area contributed by atoms with E-state index in [4.69, 9.17) is 10.3 Å². The number of likely N-dealkylation sites (tertiary alicyclic amines) is 1. The molecule has 1 aromatic heterocycles. The van der Waals surface area contributed by atoms with Crippen molar-refractivity contribution in [1.82, 2.24) is 10.1 Å². The lowest BCUT2D eigenvalue weighted by Crippen LogP contribution is -2.33. The third-order valence-electron chi connectivity index (χ3n) is 3.06. The average Bonchev–Trinajstić information content (AvgIpc) is 2.88. The molecule has 0 aliphatic carbocycles. The maximum Gasteiger partial charge on any atom is 0.240 e. The summed E-state index contributed by atoms with van der Waals surface area (Å²) in [6, 6.07) is 1.95. The van der Waals surface area contributed by atoms with Crippen molar-refractivity contribution in [3.05, 3.63) is 11.8 Å². The second-order valence-corrected chi connectivity index (χ2v) is 5.10. The zero-order valence-corrected chi connectivity index (χ0v) is 10.8. The monoisotopic (exact) mass is 252 g/mol. The summed E-state index contributed by atoms with van der Waals surface area (Å²) < 4.78 is 5.06. The quantitative estimate of drug-likeness (QED) is 0.826. The van der Waals surface area contributed by atoms with Crippen LogP contribution in [0.2, 0.25) is 0 Å². The molecule has 1 aliphatic heterocycles. The van der Waals surface area contributed by atoms with E-state index in [1.807, 2.05) is 18.7 Å². The molecule has 2 heterocycles. The first-order chi connectivity index (χ1) is 8.54. The first-order valence-corrected chi connectivity index (χ1v) is 6.29. The lowest BCUT2D eigenvalue weighted by molar-refractivity contribution is -0.117. The fourth-order valence-electron chi connectivity index (χ4n) is 2.01. The fourth-order valence-corrected chi connectivity index (χ4v) is 2.01. The van der Waals surface area contributed by atoms with Crippen molar-refractivity contribution in [1.29, 1.82) is 0 Å². The molecule has 1 unspecified atom stereocenters. The van der Waals surface area contributed by atoms with Gasteiger partial charge in [-0.1, -0.05) is 19.0 Å². The molecule has 0 bridgehead atoms. The van der Waals surface area contributed by atoms with Crippen LogP contribution in [0.4, 0.5) is 5.88 Å². The van der Waals surface area contributed by atoms with Crippen LogP contribution in [0.3, 0.4) is 0 Å². The smallest absolute Gasteiger partial charge is 0.240 e. The molecule has 6 nitrogen and oxygen atoms in total. The van der Waals surface area contributed by atoms with Gasteiger partial charge in [0.1, 0.15) is 0 Å². The number of carbonyl (C=O) groups is 1. The predicted molar refractivity (Wildman–Crippen MR) is 68.3 cm³/mol. The van der Waals surface area contributed by atoms with Gasteiger partial charge in [-0.2, -0.15) is 0 Å². The molecule has 2 rings (SSSR count). The van der Waals surface area contributed by atoms with Gasteiger partial charge < -0.3 is 10.3 Å². The van der Waals surface area contributed by atoms with E-state index in [1.165, 1.54) is 0 Å². The predicted octanol–water partition coefficient (Wildman–Crippen LogP) is 0.769. The minimum absolute atomic E-state index is 0.0874. The summed E-state index contributed by atoms with van der Waals surface area (Å²) in [7, 11) is 0. The Labute approximate surface area is 106 Å². The minimum Gasteiger partial charge on any atom is -0.338 e. The average molecular weight is 252 g/mol. The highest BCUT2D eigenvalue weighted by atomic mass is 16.5. The molecule has 0 saturated carbocycles. The molecule has 1 aliphatic rings. The van der Waals surface area contributed by atoms with Gasteiger partial charge in [0, 0.05) is 25.2 Å². The molecule has 100 valence electrons. The van der Waals surface area contributed by atoms with Crippen LogP contribution in [-0.2, 0) is 4.79 Å². The van der Waals surface area contributed by atoms with E-state index in [0.717, 1.165) is 25.2 Å². The van der Waals surface area contributed by atoms with E-state index < -0.39 is 0 Å². The standard InChI is InChI=1S/C12H20N4O2/c1-8(2)10-5-12(18-15-10)14-11(17)7-16-4-3-9(13)6-16/h5,8-9H,3-4,6-7,13H2,1-2H3,(H,14,17). The molecule has 18 heavy (non-hydrogen) atoms. The van der Waals surface area contributed by atoms with Crippen LogP contribution in [0.15, 0.2) is 10.6 Å². The molecule has 1 amide bonds. The second kappa shape index (κ2) is 5.49. The zero-order chi connectivity index (χ0) is 13.1. The molecule has 0 spiro atoms. The molecule has 1 fully saturated rings. The summed E-state index contributed by atoms with van der Waals surface area (Å²) in [5.41, 5.74) is 6.63. The second-order valence-electron chi connectivity index (χ2n) is 5.10. The number of nitrogens with two attached hydrogens (primary N) is 1. The van der Waals surface area contributed by atoms with E-state index in [0.29, 0.717) is 12.4 Å². The molecule has 6 heteroatoms. The van der Waals surface area contributed by atoms with Crippen molar-refractivity contribution in [2.75, 3.05) is 25.0 Å². The number of aromatic nitrogens is 1. The highest BCUT2D eigenvalue weighted by molar-refractivity contribution is 5.91. The molecular weight excluding hydrogens is 232 g/mol. The van der Waals surface area contributed by atoms with Crippen LogP contribution in [0.25, 0.3) is 0 Å². The van der Waals surface area contributed by atoms with Crippen molar-refractivity contribution >= 4 is 11.8 Å². The number of rotatable bonds is 4. The molecule has 0 radical (unpaired) electrons. The maximum atomic E-state index is 11.8. The number of anilines is 1. The van der Waals surface area contributed by atoms with Crippen molar-refractivity contribution in [3.8, 4) is 0 Å². The number of hydrogen-bond donors (Lipinski definition) is 2. The summed E-state index contributed by atoms with van der Waals surface area (Å²) in [6.07, 6.45) is 0.951. The molecule has 0 aromatic carbocycles. The summed E-state index contributed by atoms with van der Waals surface area (Å²) in [5, 5.41) is 6.60. The highest BCUT2D eigenvalue weighted by Gasteiger charge is 2.21. The van der Waals surface area contributed by atoms with Crippen molar-refractivity contribution in [2.24, 2.45) is 5.73 Å². The van der Waals surface area contributed by atoms with E-state index in [-0.39, 0.29) is 17.9 Å². The first kappa shape index (κ1) is 13.0. The van der Waals surface area contributed by atoms with Gasteiger partial charge in [-0.15, -0.1) is 0 Å². The van der Waals surface area contributed by atoms with E-state index in [2.05, 4.69) is 10.5 Å². The third-order valence-corrected chi connectivity index (χ3v) is 3.06. The Morgan fingerprint density at radius 2 is 2.50 bits per heavy atom. The van der Waals surface area contributed by atoms with Crippen molar-refractivity contribution in [2.45, 2.75) is 32.2 Å². The van der Waals surface area contributed by atoms with Gasteiger partial charge in [-0.25, -0.2) is 0 Å². The number of nitrogens with zero attached hydrogens (tertiary/aromatic N) is 2. The Morgan fingerprint density at radius 1 is 1.72 bits per heavy atom. The maximum absolute atomic E-state index is 11.8. The SMILES string of the molecule is CC(C)c1cc(NC(=O)CN2CCC(N)C2)on1. The Hall–Kier alpha value is -1.40. The van der Waals surface area contributed by atoms with E-state index in [1.54, 1.807) is 6.07 Å². The van der Waals surface area contributed by atoms with Crippen LogP contribution >= 0.6 is 0 Å². The largest absolute Gasteiger partial charge is 0.338 e. The normalized spacial score (nSPS) is 20.6. The Bertz CT molecular complexity index is 416. The first-order valence-electron chi connectivity index (χ1n) is 6.29. The summed E-state index contributed by atoms with van der Waals surface area (Å²) in [6.45, 7) is 6.05. The number of carbonyl (C=O) groups excluding carboxylic acids is 1. The number of hydrogen-bond acceptors (Lipinski definition) is 5. The third kappa shape index (κ3) is 3.30. The highest BCUT2D eigenvalue weighted by Crippen LogP contribution is 2.17. The van der Waals surface area contributed by atoms with E-state index in [9.17, 15) is 4.79 Å². The van der Waals surface area contributed by atoms with Crippen LogP contribution in [-0.4, -0.2) is 41.6 Å². The summed E-state index contributed by atoms with van der Waals surface area (Å²) >= 11 is 0.